The fraction of sp³-hybridized carbons (Fsp3) is 0.321. The first-order valence-corrected chi connectivity index (χ1v) is 12.2. The predicted octanol–water partition coefficient (Wildman–Crippen LogP) is 3.86. The molecule has 0 spiro atoms. The molecule has 1 aromatic heterocycles. The topological polar surface area (TPSA) is 87.2 Å². The van der Waals surface area contributed by atoms with Crippen LogP contribution in [0, 0.1) is 0 Å². The van der Waals surface area contributed by atoms with Crippen LogP contribution < -0.4 is 9.47 Å². The van der Waals surface area contributed by atoms with Crippen molar-refractivity contribution in [1.29, 1.82) is 0 Å². The normalized spacial score (nSPS) is 17.8. The number of rotatable bonds is 4. The fourth-order valence-corrected chi connectivity index (χ4v) is 5.02. The minimum atomic E-state index is -0.490. The second-order valence-corrected chi connectivity index (χ2v) is 9.04. The molecule has 3 aromatic rings. The predicted molar refractivity (Wildman–Crippen MR) is 133 cm³/mol. The Labute approximate surface area is 208 Å². The number of aromatic nitrogens is 1. The smallest absolute Gasteiger partial charge is 0.339 e. The Kier molecular flexibility index (Phi) is 6.03. The number of carbonyl (C=O) groups is 2. The van der Waals surface area contributed by atoms with Gasteiger partial charge in [-0.05, 0) is 60.2 Å². The molecule has 0 N–H and O–H groups in total. The molecule has 0 unspecified atom stereocenters. The van der Waals surface area contributed by atoms with Crippen LogP contribution in [0.2, 0.25) is 0 Å². The molecular weight excluding hydrogens is 460 g/mol. The van der Waals surface area contributed by atoms with E-state index in [-0.39, 0.29) is 19.3 Å². The molecule has 0 saturated carbocycles. The first-order valence-electron chi connectivity index (χ1n) is 12.2. The molecule has 3 aliphatic rings. The second-order valence-electron chi connectivity index (χ2n) is 9.04. The lowest BCUT2D eigenvalue weighted by Gasteiger charge is -2.27. The molecule has 6 rings (SSSR count). The quantitative estimate of drug-likeness (QED) is 0.518. The van der Waals surface area contributed by atoms with Crippen LogP contribution in [0.3, 0.4) is 0 Å². The highest BCUT2D eigenvalue weighted by molar-refractivity contribution is 6.07. The van der Waals surface area contributed by atoms with Crippen molar-refractivity contribution in [2.24, 2.45) is 0 Å². The number of carbonyl (C=O) groups excluding carboxylic acids is 2. The van der Waals surface area contributed by atoms with Crippen molar-refractivity contribution >= 4 is 34.4 Å². The van der Waals surface area contributed by atoms with E-state index < -0.39 is 5.97 Å². The Bertz CT molecular complexity index is 1380. The monoisotopic (exact) mass is 486 g/mol. The van der Waals surface area contributed by atoms with Crippen LogP contribution >= 0.6 is 0 Å². The number of benzene rings is 2. The lowest BCUT2D eigenvalue weighted by atomic mass is 9.86. The van der Waals surface area contributed by atoms with Crippen LogP contribution in [0.5, 0.6) is 11.5 Å². The molecule has 184 valence electrons. The van der Waals surface area contributed by atoms with Crippen molar-refractivity contribution in [3.63, 3.8) is 0 Å². The molecule has 0 radical (unpaired) electrons. The van der Waals surface area contributed by atoms with Crippen LogP contribution in [-0.2, 0) is 20.7 Å². The summed E-state index contributed by atoms with van der Waals surface area (Å²) in [5.74, 6) is 0.765. The maximum Gasteiger partial charge on any atom is 0.339 e. The average molecular weight is 487 g/mol. The summed E-state index contributed by atoms with van der Waals surface area (Å²) >= 11 is 0. The number of allylic oxidation sites excluding steroid dienone is 1. The van der Waals surface area contributed by atoms with Crippen LogP contribution in [-0.4, -0.2) is 61.5 Å². The number of ether oxygens (including phenoxy) is 4. The average Bonchev–Trinajstić information content (AvgIpc) is 3.39. The van der Waals surface area contributed by atoms with Gasteiger partial charge in [-0.1, -0.05) is 24.3 Å². The minimum Gasteiger partial charge on any atom is -0.454 e. The Balaban J connectivity index is 1.34. The standard InChI is InChI=1S/C28H26N2O6/c31-25(30-10-12-33-13-11-30)16-34-28(32)26-20-5-1-2-7-22(20)29-27-19(4-3-6-21(26)27)14-18-8-9-23-24(15-18)36-17-35-23/h1-2,5,7-9,14-15H,3-4,6,10-13,16-17H2/b19-14-. The second kappa shape index (κ2) is 9.62. The van der Waals surface area contributed by atoms with Crippen molar-refractivity contribution in [2.75, 3.05) is 39.7 Å². The third kappa shape index (κ3) is 4.28. The molecule has 2 aromatic carbocycles. The van der Waals surface area contributed by atoms with Crippen molar-refractivity contribution in [3.8, 4) is 11.5 Å². The molecular formula is C28H26N2O6. The summed E-state index contributed by atoms with van der Waals surface area (Å²) in [7, 11) is 0. The minimum absolute atomic E-state index is 0.206. The van der Waals surface area contributed by atoms with E-state index in [2.05, 4.69) is 6.08 Å². The van der Waals surface area contributed by atoms with E-state index in [0.29, 0.717) is 38.3 Å². The Morgan fingerprint density at radius 1 is 1.03 bits per heavy atom. The first kappa shape index (κ1) is 22.5. The Hall–Kier alpha value is -3.91. The molecule has 3 heterocycles. The number of morpholine rings is 1. The van der Waals surface area contributed by atoms with E-state index in [4.69, 9.17) is 23.9 Å². The summed E-state index contributed by atoms with van der Waals surface area (Å²) in [5, 5.41) is 0.740. The molecule has 1 fully saturated rings. The van der Waals surface area contributed by atoms with E-state index >= 15 is 0 Å². The Morgan fingerprint density at radius 2 is 1.86 bits per heavy atom. The van der Waals surface area contributed by atoms with Gasteiger partial charge in [0.2, 0.25) is 6.79 Å². The summed E-state index contributed by atoms with van der Waals surface area (Å²) in [6.07, 6.45) is 4.54. The summed E-state index contributed by atoms with van der Waals surface area (Å²) in [5.41, 5.74) is 4.94. The van der Waals surface area contributed by atoms with E-state index in [1.165, 1.54) is 0 Å². The number of pyridine rings is 1. The molecule has 36 heavy (non-hydrogen) atoms. The first-order chi connectivity index (χ1) is 17.7. The molecule has 1 saturated heterocycles. The van der Waals surface area contributed by atoms with Gasteiger partial charge in [0.25, 0.3) is 5.91 Å². The van der Waals surface area contributed by atoms with Gasteiger partial charge in [-0.2, -0.15) is 0 Å². The van der Waals surface area contributed by atoms with Gasteiger partial charge in [0.1, 0.15) is 0 Å². The summed E-state index contributed by atoms with van der Waals surface area (Å²) in [4.78, 5) is 32.6. The maximum atomic E-state index is 13.4. The van der Waals surface area contributed by atoms with Crippen LogP contribution in [0.4, 0.5) is 0 Å². The number of nitrogens with zero attached hydrogens (tertiary/aromatic N) is 2. The number of hydrogen-bond donors (Lipinski definition) is 0. The van der Waals surface area contributed by atoms with Gasteiger partial charge in [0, 0.05) is 18.5 Å². The van der Waals surface area contributed by atoms with E-state index in [9.17, 15) is 9.59 Å². The number of esters is 1. The van der Waals surface area contributed by atoms with Crippen LogP contribution in [0.1, 0.15) is 40.0 Å². The number of amides is 1. The molecule has 0 bridgehead atoms. The SMILES string of the molecule is O=C(OCC(=O)N1CCOCC1)c1c2c(nc3ccccc13)/C(=C\c1ccc3c(c1)OCO3)CCC2. The third-order valence-corrected chi connectivity index (χ3v) is 6.80. The molecule has 1 aliphatic carbocycles. The van der Waals surface area contributed by atoms with Crippen LogP contribution in [0.25, 0.3) is 22.6 Å². The molecule has 0 atom stereocenters. The number of para-hydroxylation sites is 1. The highest BCUT2D eigenvalue weighted by atomic mass is 16.7. The van der Waals surface area contributed by atoms with Gasteiger partial charge in [-0.3, -0.25) is 4.79 Å². The molecule has 8 nitrogen and oxygen atoms in total. The van der Waals surface area contributed by atoms with E-state index in [1.54, 1.807) is 4.90 Å². The zero-order valence-electron chi connectivity index (χ0n) is 19.8. The number of fused-ring (bicyclic) bond motifs is 3. The summed E-state index contributed by atoms with van der Waals surface area (Å²) in [6, 6.07) is 13.4. The highest BCUT2D eigenvalue weighted by Gasteiger charge is 2.27. The lowest BCUT2D eigenvalue weighted by molar-refractivity contribution is -0.138. The van der Waals surface area contributed by atoms with Gasteiger partial charge >= 0.3 is 5.97 Å². The van der Waals surface area contributed by atoms with Gasteiger partial charge in [-0.15, -0.1) is 0 Å². The summed E-state index contributed by atoms with van der Waals surface area (Å²) in [6.45, 7) is 1.96. The van der Waals surface area contributed by atoms with E-state index in [0.717, 1.165) is 57.6 Å². The van der Waals surface area contributed by atoms with Crippen molar-refractivity contribution < 1.29 is 28.5 Å². The summed E-state index contributed by atoms with van der Waals surface area (Å²) < 4.78 is 21.8. The Morgan fingerprint density at radius 3 is 2.75 bits per heavy atom. The van der Waals surface area contributed by atoms with E-state index in [1.807, 2.05) is 42.5 Å². The molecule has 1 amide bonds. The maximum absolute atomic E-state index is 13.4. The largest absolute Gasteiger partial charge is 0.454 e. The van der Waals surface area contributed by atoms with Crippen LogP contribution in [0.15, 0.2) is 42.5 Å². The van der Waals surface area contributed by atoms with Crippen molar-refractivity contribution in [1.82, 2.24) is 9.88 Å². The molecule has 8 heteroatoms. The van der Waals surface area contributed by atoms with Gasteiger partial charge < -0.3 is 23.8 Å². The van der Waals surface area contributed by atoms with Crippen molar-refractivity contribution in [2.45, 2.75) is 19.3 Å². The zero-order chi connectivity index (χ0) is 24.5. The number of hydrogen-bond acceptors (Lipinski definition) is 7. The third-order valence-electron chi connectivity index (χ3n) is 6.80. The van der Waals surface area contributed by atoms with Gasteiger partial charge in [0.15, 0.2) is 18.1 Å². The van der Waals surface area contributed by atoms with Gasteiger partial charge in [-0.25, -0.2) is 9.78 Å². The van der Waals surface area contributed by atoms with Crippen molar-refractivity contribution in [3.05, 3.63) is 64.8 Å². The lowest BCUT2D eigenvalue weighted by Crippen LogP contribution is -2.42. The van der Waals surface area contributed by atoms with Gasteiger partial charge in [0.05, 0.1) is 30.0 Å². The fourth-order valence-electron chi connectivity index (χ4n) is 5.02. The highest BCUT2D eigenvalue weighted by Crippen LogP contribution is 2.38. The zero-order valence-corrected chi connectivity index (χ0v) is 19.8. The molecule has 2 aliphatic heterocycles.